The number of carbonyl (C=O) groups excluding carboxylic acids is 1. The zero-order valence-electron chi connectivity index (χ0n) is 13.9. The van der Waals surface area contributed by atoms with Crippen molar-refractivity contribution in [1.82, 2.24) is 24.6 Å². The molecule has 9 heteroatoms. The van der Waals surface area contributed by atoms with Crippen molar-refractivity contribution in [3.63, 3.8) is 0 Å². The number of hydrogen-bond acceptors (Lipinski definition) is 5. The summed E-state index contributed by atoms with van der Waals surface area (Å²) < 4.78 is 8.49. The first kappa shape index (κ1) is 17.4. The molecule has 3 aromatic rings. The summed E-state index contributed by atoms with van der Waals surface area (Å²) in [5.41, 5.74) is 0.170. The van der Waals surface area contributed by atoms with E-state index in [-0.39, 0.29) is 24.1 Å². The molecule has 0 aliphatic rings. The topological polar surface area (TPSA) is 94.9 Å². The number of nitrogens with one attached hydrogen (secondary N) is 1. The molecule has 0 aliphatic carbocycles. The number of amides is 1. The van der Waals surface area contributed by atoms with Crippen molar-refractivity contribution in [3.8, 4) is 0 Å². The molecule has 25 heavy (non-hydrogen) atoms. The van der Waals surface area contributed by atoms with Crippen molar-refractivity contribution in [1.29, 1.82) is 0 Å². The largest absolute Gasteiger partial charge is 0.469 e. The highest BCUT2D eigenvalue weighted by Gasteiger charge is 2.15. The van der Waals surface area contributed by atoms with E-state index in [1.54, 1.807) is 13.3 Å². The smallest absolute Gasteiger partial charge is 0.266 e. The minimum Gasteiger partial charge on any atom is -0.469 e. The van der Waals surface area contributed by atoms with Crippen molar-refractivity contribution in [3.05, 3.63) is 45.4 Å². The molecule has 1 N–H and O–H groups in total. The van der Waals surface area contributed by atoms with Gasteiger partial charge in [0.1, 0.15) is 28.6 Å². The maximum absolute atomic E-state index is 12.5. The molecule has 0 fully saturated rings. The Labute approximate surface area is 152 Å². The predicted molar refractivity (Wildman–Crippen MR) is 95.1 cm³/mol. The Hall–Kier alpha value is -2.42. The van der Waals surface area contributed by atoms with Crippen LogP contribution in [0.4, 0.5) is 0 Å². The van der Waals surface area contributed by atoms with E-state index in [1.807, 2.05) is 19.1 Å². The predicted octanol–water partition coefficient (Wildman–Crippen LogP) is 1.62. The maximum atomic E-state index is 12.5. The van der Waals surface area contributed by atoms with E-state index in [2.05, 4.69) is 31.3 Å². The molecule has 3 aromatic heterocycles. The summed E-state index contributed by atoms with van der Waals surface area (Å²) in [7, 11) is 1.71. The van der Waals surface area contributed by atoms with Gasteiger partial charge in [0.05, 0.1) is 6.26 Å². The van der Waals surface area contributed by atoms with Crippen LogP contribution in [0.3, 0.4) is 0 Å². The van der Waals surface area contributed by atoms with Gasteiger partial charge in [-0.25, -0.2) is 9.67 Å². The summed E-state index contributed by atoms with van der Waals surface area (Å²) >= 11 is 3.25. The van der Waals surface area contributed by atoms with Crippen LogP contribution in [0.15, 0.2) is 38.5 Å². The Bertz CT molecular complexity index is 945. The van der Waals surface area contributed by atoms with Crippen LogP contribution in [0.2, 0.25) is 0 Å². The highest BCUT2D eigenvalue weighted by atomic mass is 79.9. The summed E-state index contributed by atoms with van der Waals surface area (Å²) in [6.07, 6.45) is 4.49. The fourth-order valence-corrected chi connectivity index (χ4v) is 3.19. The summed E-state index contributed by atoms with van der Waals surface area (Å²) in [5.74, 6) is 0.642. The molecule has 0 saturated heterocycles. The second-order valence-electron chi connectivity index (χ2n) is 5.88. The van der Waals surface area contributed by atoms with Crippen molar-refractivity contribution in [2.75, 3.05) is 0 Å². The Kier molecular flexibility index (Phi) is 5.03. The van der Waals surface area contributed by atoms with Gasteiger partial charge in [-0.15, -0.1) is 0 Å². The quantitative estimate of drug-likeness (QED) is 0.669. The van der Waals surface area contributed by atoms with Crippen LogP contribution in [0.5, 0.6) is 0 Å². The highest BCUT2D eigenvalue weighted by Crippen LogP contribution is 2.16. The molecule has 8 nitrogen and oxygen atoms in total. The second-order valence-corrected chi connectivity index (χ2v) is 6.63. The zero-order valence-corrected chi connectivity index (χ0v) is 15.5. The molecule has 0 bridgehead atoms. The van der Waals surface area contributed by atoms with Gasteiger partial charge in [0.2, 0.25) is 5.91 Å². The lowest BCUT2D eigenvalue weighted by Gasteiger charge is -2.13. The third-order valence-corrected chi connectivity index (χ3v) is 4.45. The molecule has 132 valence electrons. The average molecular weight is 408 g/mol. The Morgan fingerprint density at radius 3 is 3.00 bits per heavy atom. The molecule has 1 unspecified atom stereocenters. The Balaban J connectivity index is 1.64. The van der Waals surface area contributed by atoms with Crippen LogP contribution in [0.25, 0.3) is 11.0 Å². The van der Waals surface area contributed by atoms with Crippen molar-refractivity contribution in [2.24, 2.45) is 7.05 Å². The van der Waals surface area contributed by atoms with Gasteiger partial charge in [0.15, 0.2) is 5.65 Å². The van der Waals surface area contributed by atoms with E-state index < -0.39 is 0 Å². The van der Waals surface area contributed by atoms with Gasteiger partial charge >= 0.3 is 0 Å². The molecule has 0 aliphatic heterocycles. The number of halogens is 1. The summed E-state index contributed by atoms with van der Waals surface area (Å²) in [6, 6.07) is 3.71. The molecule has 1 atom stereocenters. The van der Waals surface area contributed by atoms with E-state index in [9.17, 15) is 9.59 Å². The second kappa shape index (κ2) is 7.22. The van der Waals surface area contributed by atoms with Crippen LogP contribution in [0, 0.1) is 0 Å². The molecule has 0 aromatic carbocycles. The highest BCUT2D eigenvalue weighted by molar-refractivity contribution is 9.10. The number of fused-ring (bicyclic) bond motifs is 1. The molecule has 1 amide bonds. The van der Waals surface area contributed by atoms with Gasteiger partial charge in [-0.3, -0.25) is 14.2 Å². The van der Waals surface area contributed by atoms with Crippen molar-refractivity contribution in [2.45, 2.75) is 32.4 Å². The van der Waals surface area contributed by atoms with E-state index in [4.69, 9.17) is 4.42 Å². The monoisotopic (exact) mass is 407 g/mol. The van der Waals surface area contributed by atoms with Crippen molar-refractivity contribution < 1.29 is 9.21 Å². The SMILES string of the molecule is CC(CCc1ccco1)NC(=O)Cn1cnc2c(c(Br)nn2C)c1=O. The number of rotatable bonds is 6. The Morgan fingerprint density at radius 2 is 2.28 bits per heavy atom. The van der Waals surface area contributed by atoms with Gasteiger partial charge in [0, 0.05) is 19.5 Å². The lowest BCUT2D eigenvalue weighted by Crippen LogP contribution is -2.37. The molecule has 3 rings (SSSR count). The number of hydrogen-bond donors (Lipinski definition) is 1. The lowest BCUT2D eigenvalue weighted by molar-refractivity contribution is -0.122. The van der Waals surface area contributed by atoms with Crippen LogP contribution in [-0.4, -0.2) is 31.3 Å². The third-order valence-electron chi connectivity index (χ3n) is 3.89. The van der Waals surface area contributed by atoms with Gasteiger partial charge < -0.3 is 9.73 Å². The number of nitrogens with zero attached hydrogens (tertiary/aromatic N) is 4. The summed E-state index contributed by atoms with van der Waals surface area (Å²) in [5, 5.41) is 7.37. The third kappa shape index (κ3) is 3.81. The molecule has 0 saturated carbocycles. The zero-order chi connectivity index (χ0) is 18.0. The fourth-order valence-electron chi connectivity index (χ4n) is 2.61. The first-order valence-electron chi connectivity index (χ1n) is 7.85. The maximum Gasteiger partial charge on any atom is 0.266 e. The van der Waals surface area contributed by atoms with Crippen LogP contribution in [-0.2, 0) is 24.8 Å². The molecule has 0 radical (unpaired) electrons. The van der Waals surface area contributed by atoms with E-state index >= 15 is 0 Å². The van der Waals surface area contributed by atoms with Gasteiger partial charge in [-0.1, -0.05) is 0 Å². The van der Waals surface area contributed by atoms with Crippen molar-refractivity contribution >= 4 is 32.9 Å². The average Bonchev–Trinajstić information content (AvgIpc) is 3.16. The standard InChI is InChI=1S/C16H18BrN5O3/c1-10(5-6-11-4-3-7-25-11)19-12(23)8-22-9-18-15-13(16(22)24)14(17)20-21(15)2/h3-4,7,9-10H,5-6,8H2,1-2H3,(H,19,23). The molecule has 3 heterocycles. The van der Waals surface area contributed by atoms with Crippen LogP contribution >= 0.6 is 15.9 Å². The summed E-state index contributed by atoms with van der Waals surface area (Å²) in [6.45, 7) is 1.83. The number of aryl methyl sites for hydroxylation is 2. The van der Waals surface area contributed by atoms with Gasteiger partial charge in [-0.05, 0) is 41.4 Å². The van der Waals surface area contributed by atoms with Crippen LogP contribution < -0.4 is 10.9 Å². The summed E-state index contributed by atoms with van der Waals surface area (Å²) in [4.78, 5) is 28.9. The fraction of sp³-hybridized carbons (Fsp3) is 0.375. The lowest BCUT2D eigenvalue weighted by atomic mass is 10.1. The van der Waals surface area contributed by atoms with Crippen LogP contribution in [0.1, 0.15) is 19.1 Å². The first-order chi connectivity index (χ1) is 12.0. The number of aromatic nitrogens is 4. The molecular formula is C16H18BrN5O3. The van der Waals surface area contributed by atoms with Gasteiger partial charge in [0.25, 0.3) is 5.56 Å². The van der Waals surface area contributed by atoms with E-state index in [0.29, 0.717) is 15.6 Å². The molecule has 0 spiro atoms. The number of furan rings is 1. The minimum absolute atomic E-state index is 0.0323. The van der Waals surface area contributed by atoms with Gasteiger partial charge in [-0.2, -0.15) is 5.10 Å². The molecular weight excluding hydrogens is 390 g/mol. The van der Waals surface area contributed by atoms with E-state index in [0.717, 1.165) is 18.6 Å². The normalized spacial score (nSPS) is 12.4. The first-order valence-corrected chi connectivity index (χ1v) is 8.64. The number of carbonyl (C=O) groups is 1. The minimum atomic E-state index is -0.302. The Morgan fingerprint density at radius 1 is 1.48 bits per heavy atom. The van der Waals surface area contributed by atoms with E-state index in [1.165, 1.54) is 15.6 Å².